The molecule has 3 rings (SSSR count). The van der Waals surface area contributed by atoms with Gasteiger partial charge in [-0.1, -0.05) is 23.7 Å². The summed E-state index contributed by atoms with van der Waals surface area (Å²) in [6.07, 6.45) is 0. The molecule has 0 bridgehead atoms. The second-order valence-corrected chi connectivity index (χ2v) is 4.18. The van der Waals surface area contributed by atoms with Crippen molar-refractivity contribution in [3.63, 3.8) is 0 Å². The summed E-state index contributed by atoms with van der Waals surface area (Å²) < 4.78 is 1.72. The highest BCUT2D eigenvalue weighted by molar-refractivity contribution is 6.32. The molecule has 0 saturated carbocycles. The molecule has 0 amide bonds. The number of fused-ring (bicyclic) bond motifs is 1. The first-order chi connectivity index (χ1) is 7.77. The smallest absolute Gasteiger partial charge is 0.132 e. The predicted molar refractivity (Wildman–Crippen MR) is 63.5 cm³/mol. The number of anilines is 1. The van der Waals surface area contributed by atoms with E-state index in [-0.39, 0.29) is 0 Å². The minimum Gasteiger partial charge on any atom is -0.383 e. The molecular weight excluding hydrogens is 224 g/mol. The maximum Gasteiger partial charge on any atom is 0.132 e. The van der Waals surface area contributed by atoms with Crippen LogP contribution >= 0.6 is 11.6 Å². The van der Waals surface area contributed by atoms with Gasteiger partial charge < -0.3 is 11.1 Å². The van der Waals surface area contributed by atoms with E-state index in [4.69, 9.17) is 17.3 Å². The molecule has 0 aliphatic carbocycles. The summed E-state index contributed by atoms with van der Waals surface area (Å²) in [5.41, 5.74) is 8.98. The summed E-state index contributed by atoms with van der Waals surface area (Å²) in [5.74, 6) is 0.674. The number of aromatic nitrogens is 2. The minimum absolute atomic E-state index is 0.656. The molecule has 1 aromatic carbocycles. The topological polar surface area (TPSA) is 55.9 Å². The van der Waals surface area contributed by atoms with Crippen molar-refractivity contribution in [2.24, 2.45) is 0 Å². The lowest BCUT2D eigenvalue weighted by atomic mass is 10.3. The van der Waals surface area contributed by atoms with Crippen LogP contribution in [0.25, 0.3) is 5.69 Å². The van der Waals surface area contributed by atoms with Crippen molar-refractivity contribution in [2.45, 2.75) is 13.1 Å². The Morgan fingerprint density at radius 1 is 1.31 bits per heavy atom. The Hall–Kier alpha value is -1.52. The molecule has 82 valence electrons. The molecule has 1 aliphatic rings. The maximum absolute atomic E-state index is 6.12. The second-order valence-electron chi connectivity index (χ2n) is 3.78. The highest BCUT2D eigenvalue weighted by Crippen LogP contribution is 2.27. The first-order valence-corrected chi connectivity index (χ1v) is 5.47. The quantitative estimate of drug-likeness (QED) is 0.790. The van der Waals surface area contributed by atoms with E-state index in [0.717, 1.165) is 30.0 Å². The summed E-state index contributed by atoms with van der Waals surface area (Å²) in [6, 6.07) is 7.56. The highest BCUT2D eigenvalue weighted by Gasteiger charge is 2.21. The number of nitrogens with one attached hydrogen (secondary N) is 1. The Bertz CT molecular complexity index is 547. The fraction of sp³-hybridized carbons (Fsp3) is 0.182. The van der Waals surface area contributed by atoms with Gasteiger partial charge in [-0.2, -0.15) is 5.10 Å². The van der Waals surface area contributed by atoms with Crippen LogP contribution in [-0.2, 0) is 13.1 Å². The van der Waals surface area contributed by atoms with Crippen molar-refractivity contribution in [1.82, 2.24) is 15.1 Å². The molecule has 0 spiro atoms. The number of hydrogen-bond acceptors (Lipinski definition) is 3. The molecule has 0 fully saturated rings. The van der Waals surface area contributed by atoms with Crippen molar-refractivity contribution in [1.29, 1.82) is 0 Å². The molecule has 3 N–H and O–H groups in total. The van der Waals surface area contributed by atoms with Crippen LogP contribution in [-0.4, -0.2) is 9.78 Å². The van der Waals surface area contributed by atoms with Crippen LogP contribution in [0.4, 0.5) is 5.82 Å². The predicted octanol–water partition coefficient (Wildman–Crippen LogP) is 1.71. The van der Waals surface area contributed by atoms with E-state index < -0.39 is 0 Å². The monoisotopic (exact) mass is 234 g/mol. The molecule has 16 heavy (non-hydrogen) atoms. The van der Waals surface area contributed by atoms with Gasteiger partial charge in [-0.15, -0.1) is 0 Å². The molecule has 0 unspecified atom stereocenters. The molecule has 0 atom stereocenters. The zero-order chi connectivity index (χ0) is 11.1. The zero-order valence-electron chi connectivity index (χ0n) is 8.57. The van der Waals surface area contributed by atoms with Crippen molar-refractivity contribution in [2.75, 3.05) is 5.73 Å². The van der Waals surface area contributed by atoms with E-state index in [1.807, 2.05) is 24.3 Å². The molecular formula is C11H11ClN4. The minimum atomic E-state index is 0.656. The Balaban J connectivity index is 2.18. The average molecular weight is 235 g/mol. The van der Waals surface area contributed by atoms with Gasteiger partial charge in [0.2, 0.25) is 0 Å². The maximum atomic E-state index is 6.12. The van der Waals surface area contributed by atoms with Crippen LogP contribution in [0.2, 0.25) is 5.02 Å². The van der Waals surface area contributed by atoms with Gasteiger partial charge in [0.25, 0.3) is 0 Å². The second kappa shape index (κ2) is 3.50. The fourth-order valence-electron chi connectivity index (χ4n) is 1.96. The molecule has 2 heterocycles. The Morgan fingerprint density at radius 2 is 2.12 bits per heavy atom. The summed E-state index contributed by atoms with van der Waals surface area (Å²) in [6.45, 7) is 1.56. The van der Waals surface area contributed by atoms with Crippen LogP contribution in [0.5, 0.6) is 0 Å². The van der Waals surface area contributed by atoms with Gasteiger partial charge in [0.1, 0.15) is 5.82 Å². The third-order valence-corrected chi connectivity index (χ3v) is 3.10. The van der Waals surface area contributed by atoms with E-state index in [9.17, 15) is 0 Å². The Kier molecular flexibility index (Phi) is 2.12. The largest absolute Gasteiger partial charge is 0.383 e. The number of hydrogen-bond donors (Lipinski definition) is 2. The van der Waals surface area contributed by atoms with Crippen molar-refractivity contribution in [3.05, 3.63) is 40.5 Å². The lowest BCUT2D eigenvalue weighted by molar-refractivity contribution is 0.725. The van der Waals surface area contributed by atoms with E-state index in [1.54, 1.807) is 4.68 Å². The Morgan fingerprint density at radius 3 is 2.88 bits per heavy atom. The number of para-hydroxylation sites is 1. The third kappa shape index (κ3) is 1.31. The standard InChI is InChI=1S/C11H11ClN4/c12-8-3-1-2-4-10(8)16-11(13)7-5-14-6-9(7)15-16/h1-4,14H,5-6,13H2. The third-order valence-electron chi connectivity index (χ3n) is 2.78. The van der Waals surface area contributed by atoms with Gasteiger partial charge in [-0.05, 0) is 12.1 Å². The normalized spacial score (nSPS) is 14.1. The van der Waals surface area contributed by atoms with Gasteiger partial charge >= 0.3 is 0 Å². The molecule has 0 saturated heterocycles. The number of nitrogen functional groups attached to an aromatic ring is 1. The van der Waals surface area contributed by atoms with Gasteiger partial charge in [-0.25, -0.2) is 4.68 Å². The SMILES string of the molecule is Nc1c2c(nn1-c1ccccc1Cl)CNC2. The van der Waals surface area contributed by atoms with Gasteiger partial charge in [0, 0.05) is 18.7 Å². The number of nitrogens with zero attached hydrogens (tertiary/aromatic N) is 2. The van der Waals surface area contributed by atoms with Gasteiger partial charge in [0.15, 0.2) is 0 Å². The molecule has 0 radical (unpaired) electrons. The van der Waals surface area contributed by atoms with Crippen molar-refractivity contribution >= 4 is 17.4 Å². The van der Waals surface area contributed by atoms with E-state index in [0.29, 0.717) is 10.8 Å². The van der Waals surface area contributed by atoms with Crippen LogP contribution < -0.4 is 11.1 Å². The number of rotatable bonds is 1. The first-order valence-electron chi connectivity index (χ1n) is 5.09. The molecule has 2 aromatic rings. The number of nitrogens with two attached hydrogens (primary N) is 1. The fourth-order valence-corrected chi connectivity index (χ4v) is 2.17. The summed E-state index contributed by atoms with van der Waals surface area (Å²) in [7, 11) is 0. The summed E-state index contributed by atoms with van der Waals surface area (Å²) in [5, 5.41) is 8.33. The zero-order valence-corrected chi connectivity index (χ0v) is 9.33. The number of benzene rings is 1. The molecule has 4 nitrogen and oxygen atoms in total. The van der Waals surface area contributed by atoms with Crippen molar-refractivity contribution < 1.29 is 0 Å². The number of halogens is 1. The first kappa shape index (κ1) is 9.69. The van der Waals surface area contributed by atoms with Gasteiger partial charge in [-0.3, -0.25) is 0 Å². The van der Waals surface area contributed by atoms with E-state index in [1.165, 1.54) is 0 Å². The van der Waals surface area contributed by atoms with Crippen LogP contribution in [0.1, 0.15) is 11.3 Å². The van der Waals surface area contributed by atoms with Crippen LogP contribution in [0.15, 0.2) is 24.3 Å². The molecule has 1 aliphatic heterocycles. The van der Waals surface area contributed by atoms with Crippen LogP contribution in [0, 0.1) is 0 Å². The van der Waals surface area contributed by atoms with E-state index in [2.05, 4.69) is 10.4 Å². The lowest BCUT2D eigenvalue weighted by Crippen LogP contribution is -2.09. The van der Waals surface area contributed by atoms with Crippen molar-refractivity contribution in [3.8, 4) is 5.69 Å². The van der Waals surface area contributed by atoms with Crippen LogP contribution in [0.3, 0.4) is 0 Å². The van der Waals surface area contributed by atoms with Gasteiger partial charge in [0.05, 0.1) is 16.4 Å². The highest BCUT2D eigenvalue weighted by atomic mass is 35.5. The lowest BCUT2D eigenvalue weighted by Gasteiger charge is -2.07. The van der Waals surface area contributed by atoms with E-state index >= 15 is 0 Å². The average Bonchev–Trinajstić information content (AvgIpc) is 2.83. The Labute approximate surface area is 98.0 Å². The summed E-state index contributed by atoms with van der Waals surface area (Å²) >= 11 is 6.12. The molecule has 5 heteroatoms. The summed E-state index contributed by atoms with van der Waals surface area (Å²) in [4.78, 5) is 0. The molecule has 1 aromatic heterocycles.